The Morgan fingerprint density at radius 2 is 0.863 bits per heavy atom. The summed E-state index contributed by atoms with van der Waals surface area (Å²) in [7, 11) is 0. The Labute approximate surface area is 292 Å². The first-order valence-corrected chi connectivity index (χ1v) is 17.7. The molecule has 0 atom stereocenters. The maximum absolute atomic E-state index is 6.80. The smallest absolute Gasteiger partial charge is 0.136 e. The van der Waals surface area contributed by atoms with Crippen molar-refractivity contribution in [3.8, 4) is 22.3 Å². The van der Waals surface area contributed by atoms with Crippen molar-refractivity contribution in [2.75, 3.05) is 0 Å². The minimum atomic E-state index is 0.906. The fraction of sp³-hybridized carbons (Fsp3) is 0. The summed E-state index contributed by atoms with van der Waals surface area (Å²) >= 11 is 0. The predicted octanol–water partition coefficient (Wildman–Crippen LogP) is 14.4. The first-order valence-electron chi connectivity index (χ1n) is 17.7. The van der Waals surface area contributed by atoms with Crippen molar-refractivity contribution >= 4 is 97.3 Å². The summed E-state index contributed by atoms with van der Waals surface area (Å²) in [6.45, 7) is 0. The Hall–Kier alpha value is -6.70. The highest BCUT2D eigenvalue weighted by atomic mass is 16.3. The largest absolute Gasteiger partial charge is 0.456 e. The summed E-state index contributed by atoms with van der Waals surface area (Å²) in [5.41, 5.74) is 6.56. The quantitative estimate of drug-likeness (QED) is 0.171. The molecule has 0 saturated carbocycles. The zero-order valence-electron chi connectivity index (χ0n) is 27.6. The van der Waals surface area contributed by atoms with Crippen molar-refractivity contribution in [1.82, 2.24) is 0 Å². The van der Waals surface area contributed by atoms with Crippen molar-refractivity contribution in [1.29, 1.82) is 0 Å². The molecule has 0 unspecified atom stereocenters. The second-order valence-corrected chi connectivity index (χ2v) is 14.0. The van der Waals surface area contributed by atoms with Gasteiger partial charge in [0.2, 0.25) is 0 Å². The van der Waals surface area contributed by atoms with E-state index < -0.39 is 0 Å². The first-order chi connectivity index (χ1) is 25.2. The first kappa shape index (κ1) is 27.2. The molecule has 1 aromatic heterocycles. The van der Waals surface area contributed by atoms with Crippen LogP contribution in [0.25, 0.3) is 120 Å². The van der Waals surface area contributed by atoms with Crippen LogP contribution in [-0.2, 0) is 0 Å². The molecule has 0 amide bonds. The molecular formula is C50H28O. The standard InChI is InChI=1S/C50H28O/c1-2-8-35-27-45-44(25-34(35)7-1)50-43(41-22-18-33-15-14-30-9-5-10-31-19-23-42(41)49(33)47(30)31)26-38(28-46(50)51-45)36-20-21-40-37(24-36)17-16-32-13-12-29-6-3-4-11-39(29)48(32)40/h1-28H. The SMILES string of the molecule is c1ccc2cc3c(cc2c1)oc1cc(-c2ccc4c(ccc5ccc6ccccc6c54)c2)cc(-c2ccc4ccc5cccc6ccc2c4c56)c13. The van der Waals surface area contributed by atoms with Crippen molar-refractivity contribution < 1.29 is 4.42 Å². The van der Waals surface area contributed by atoms with Crippen LogP contribution >= 0.6 is 0 Å². The number of rotatable bonds is 2. The molecule has 0 aliphatic heterocycles. The fourth-order valence-corrected chi connectivity index (χ4v) is 8.96. The van der Waals surface area contributed by atoms with Crippen LogP contribution in [0.1, 0.15) is 0 Å². The van der Waals surface area contributed by atoms with E-state index in [9.17, 15) is 0 Å². The van der Waals surface area contributed by atoms with Crippen LogP contribution in [0.2, 0.25) is 0 Å². The average molecular weight is 645 g/mol. The normalized spacial score (nSPS) is 12.3. The minimum absolute atomic E-state index is 0.906. The van der Waals surface area contributed by atoms with E-state index in [2.05, 4.69) is 170 Å². The molecule has 0 saturated heterocycles. The van der Waals surface area contributed by atoms with E-state index in [0.29, 0.717) is 0 Å². The van der Waals surface area contributed by atoms with E-state index in [1.165, 1.54) is 92.1 Å². The fourth-order valence-electron chi connectivity index (χ4n) is 8.96. The van der Waals surface area contributed by atoms with E-state index >= 15 is 0 Å². The Bertz CT molecular complexity index is 3400. The molecule has 0 spiro atoms. The van der Waals surface area contributed by atoms with E-state index in [1.54, 1.807) is 0 Å². The third kappa shape index (κ3) is 3.81. The molecule has 0 aliphatic carbocycles. The molecule has 1 heterocycles. The minimum Gasteiger partial charge on any atom is -0.456 e. The molecule has 12 rings (SSSR count). The zero-order valence-corrected chi connectivity index (χ0v) is 27.6. The summed E-state index contributed by atoms with van der Waals surface area (Å²) in [4.78, 5) is 0. The van der Waals surface area contributed by atoms with Crippen LogP contribution < -0.4 is 0 Å². The zero-order chi connectivity index (χ0) is 33.2. The summed E-state index contributed by atoms with van der Waals surface area (Å²) in [5, 5.41) is 20.1. The number of hydrogen-bond acceptors (Lipinski definition) is 1. The highest BCUT2D eigenvalue weighted by molar-refractivity contribution is 6.28. The Kier molecular flexibility index (Phi) is 5.29. The van der Waals surface area contributed by atoms with Crippen LogP contribution in [0.15, 0.2) is 174 Å². The summed E-state index contributed by atoms with van der Waals surface area (Å²) in [6.07, 6.45) is 0. The lowest BCUT2D eigenvalue weighted by atomic mass is 9.87. The molecule has 51 heavy (non-hydrogen) atoms. The van der Waals surface area contributed by atoms with Gasteiger partial charge >= 0.3 is 0 Å². The van der Waals surface area contributed by atoms with Crippen molar-refractivity contribution in [2.24, 2.45) is 0 Å². The Balaban J connectivity index is 1.17. The van der Waals surface area contributed by atoms with Gasteiger partial charge in [-0.2, -0.15) is 0 Å². The van der Waals surface area contributed by atoms with Gasteiger partial charge in [0.1, 0.15) is 11.2 Å². The number of furan rings is 1. The monoisotopic (exact) mass is 644 g/mol. The molecule has 0 radical (unpaired) electrons. The lowest BCUT2D eigenvalue weighted by Crippen LogP contribution is -1.89. The van der Waals surface area contributed by atoms with Gasteiger partial charge in [0, 0.05) is 10.8 Å². The van der Waals surface area contributed by atoms with Crippen molar-refractivity contribution in [3.05, 3.63) is 170 Å². The maximum Gasteiger partial charge on any atom is 0.136 e. The molecule has 1 nitrogen and oxygen atoms in total. The second kappa shape index (κ2) is 9.94. The van der Waals surface area contributed by atoms with E-state index in [4.69, 9.17) is 4.42 Å². The third-order valence-corrected chi connectivity index (χ3v) is 11.3. The molecule has 12 aromatic rings. The molecular weight excluding hydrogens is 617 g/mol. The molecule has 11 aromatic carbocycles. The number of benzene rings is 11. The van der Waals surface area contributed by atoms with E-state index in [1.807, 2.05) is 0 Å². The maximum atomic E-state index is 6.80. The molecule has 0 N–H and O–H groups in total. The second-order valence-electron chi connectivity index (χ2n) is 14.0. The predicted molar refractivity (Wildman–Crippen MR) is 218 cm³/mol. The van der Waals surface area contributed by atoms with Crippen LogP contribution in [0, 0.1) is 0 Å². The van der Waals surface area contributed by atoms with Gasteiger partial charge in [0.15, 0.2) is 0 Å². The molecule has 0 fully saturated rings. The van der Waals surface area contributed by atoms with Crippen LogP contribution in [-0.4, -0.2) is 0 Å². The average Bonchev–Trinajstić information content (AvgIpc) is 3.55. The molecule has 0 bridgehead atoms. The van der Waals surface area contributed by atoms with Crippen LogP contribution in [0.4, 0.5) is 0 Å². The van der Waals surface area contributed by atoms with E-state index in [-0.39, 0.29) is 0 Å². The van der Waals surface area contributed by atoms with Crippen LogP contribution in [0.5, 0.6) is 0 Å². The number of hydrogen-bond donors (Lipinski definition) is 0. The summed E-state index contributed by atoms with van der Waals surface area (Å²) in [6, 6.07) is 62.7. The highest BCUT2D eigenvalue weighted by Crippen LogP contribution is 2.46. The van der Waals surface area contributed by atoms with Crippen molar-refractivity contribution in [2.45, 2.75) is 0 Å². The molecule has 0 aliphatic rings. The van der Waals surface area contributed by atoms with Crippen LogP contribution in [0.3, 0.4) is 0 Å². The van der Waals surface area contributed by atoms with Gasteiger partial charge in [-0.1, -0.05) is 140 Å². The van der Waals surface area contributed by atoms with Gasteiger partial charge in [-0.05, 0) is 128 Å². The molecule has 234 valence electrons. The van der Waals surface area contributed by atoms with Crippen molar-refractivity contribution in [3.63, 3.8) is 0 Å². The number of fused-ring (bicyclic) bond motifs is 9. The van der Waals surface area contributed by atoms with Gasteiger partial charge in [0.25, 0.3) is 0 Å². The van der Waals surface area contributed by atoms with E-state index in [0.717, 1.165) is 27.5 Å². The van der Waals surface area contributed by atoms with Gasteiger partial charge in [-0.15, -0.1) is 0 Å². The van der Waals surface area contributed by atoms with Gasteiger partial charge in [-0.25, -0.2) is 0 Å². The highest BCUT2D eigenvalue weighted by Gasteiger charge is 2.20. The lowest BCUT2D eigenvalue weighted by Gasteiger charge is -2.16. The van der Waals surface area contributed by atoms with Gasteiger partial charge in [0.05, 0.1) is 0 Å². The topological polar surface area (TPSA) is 13.1 Å². The summed E-state index contributed by atoms with van der Waals surface area (Å²) in [5.74, 6) is 0. The third-order valence-electron chi connectivity index (χ3n) is 11.3. The lowest BCUT2D eigenvalue weighted by molar-refractivity contribution is 0.669. The summed E-state index contributed by atoms with van der Waals surface area (Å²) < 4.78 is 6.80. The van der Waals surface area contributed by atoms with Gasteiger partial charge < -0.3 is 4.42 Å². The van der Waals surface area contributed by atoms with Gasteiger partial charge in [-0.3, -0.25) is 0 Å². The molecule has 1 heteroatoms. The Morgan fingerprint density at radius 3 is 1.71 bits per heavy atom. The Morgan fingerprint density at radius 1 is 0.255 bits per heavy atom.